The monoisotopic (exact) mass is 553 g/mol. The maximum atomic E-state index is 13.5. The number of hydrogen-bond donors (Lipinski definition) is 0. The van der Waals surface area contributed by atoms with E-state index in [4.69, 9.17) is 14.2 Å². The number of carbonyl (C=O) groups is 1. The number of ketones is 1. The maximum absolute atomic E-state index is 13.5. The highest BCUT2D eigenvalue weighted by Gasteiger charge is 2.27. The number of carbonyl (C=O) groups excluding carboxylic acids is 1. The molecule has 11 heteroatoms. The Bertz CT molecular complexity index is 1820. The number of fused-ring (bicyclic) bond motifs is 1. The first-order valence-corrected chi connectivity index (χ1v) is 12.9. The van der Waals surface area contributed by atoms with E-state index in [0.29, 0.717) is 45.0 Å². The SMILES string of the molecule is COc1cc2nccc(Oc3cnc(CC(=O)c4nn(C5CC5)cc(-c5ccc(F)cc5)c4=O)nc3)c2cc1OC. The molecule has 3 aromatic heterocycles. The molecule has 3 heterocycles. The van der Waals surface area contributed by atoms with Gasteiger partial charge in [0.05, 0.1) is 44.6 Å². The molecule has 1 fully saturated rings. The van der Waals surface area contributed by atoms with Crippen molar-refractivity contribution in [2.45, 2.75) is 25.3 Å². The highest BCUT2D eigenvalue weighted by atomic mass is 19.1. The maximum Gasteiger partial charge on any atom is 0.219 e. The average Bonchev–Trinajstić information content (AvgIpc) is 3.84. The largest absolute Gasteiger partial charge is 0.493 e. The first-order chi connectivity index (χ1) is 19.9. The van der Waals surface area contributed by atoms with Crippen molar-refractivity contribution in [2.24, 2.45) is 0 Å². The number of methoxy groups -OCH3 is 2. The van der Waals surface area contributed by atoms with Gasteiger partial charge in [0.2, 0.25) is 5.43 Å². The molecule has 0 saturated heterocycles. The van der Waals surface area contributed by atoms with Gasteiger partial charge >= 0.3 is 0 Å². The van der Waals surface area contributed by atoms with Crippen LogP contribution in [0.25, 0.3) is 22.0 Å². The molecule has 0 bridgehead atoms. The fourth-order valence-corrected chi connectivity index (χ4v) is 4.43. The number of halogens is 1. The lowest BCUT2D eigenvalue weighted by Crippen LogP contribution is -2.25. The van der Waals surface area contributed by atoms with Crippen molar-refractivity contribution in [1.82, 2.24) is 24.7 Å². The third kappa shape index (κ3) is 5.33. The summed E-state index contributed by atoms with van der Waals surface area (Å²) in [6.45, 7) is 0. The molecule has 1 aliphatic rings. The molecule has 0 amide bonds. The Morgan fingerprint density at radius 3 is 2.37 bits per heavy atom. The predicted octanol–water partition coefficient (Wildman–Crippen LogP) is 4.96. The minimum absolute atomic E-state index is 0.124. The third-order valence-corrected chi connectivity index (χ3v) is 6.71. The van der Waals surface area contributed by atoms with Crippen molar-refractivity contribution in [3.63, 3.8) is 0 Å². The first kappa shape index (κ1) is 26.1. The summed E-state index contributed by atoms with van der Waals surface area (Å²) in [7, 11) is 3.10. The summed E-state index contributed by atoms with van der Waals surface area (Å²) < 4.78 is 31.9. The Morgan fingerprint density at radius 1 is 0.976 bits per heavy atom. The molecule has 10 nitrogen and oxygen atoms in total. The zero-order chi connectivity index (χ0) is 28.5. The number of benzene rings is 2. The molecular formula is C30H24FN5O5. The highest BCUT2D eigenvalue weighted by molar-refractivity contribution is 5.96. The summed E-state index contributed by atoms with van der Waals surface area (Å²) in [5.41, 5.74) is 0.735. The van der Waals surface area contributed by atoms with Gasteiger partial charge in [-0.3, -0.25) is 19.3 Å². The van der Waals surface area contributed by atoms with Gasteiger partial charge in [-0.2, -0.15) is 5.10 Å². The average molecular weight is 554 g/mol. The van der Waals surface area contributed by atoms with Crippen LogP contribution < -0.4 is 19.6 Å². The number of hydrogen-bond acceptors (Lipinski definition) is 9. The summed E-state index contributed by atoms with van der Waals surface area (Å²) in [5.74, 6) is 1.21. The molecule has 2 aromatic carbocycles. The Balaban J connectivity index is 1.24. The van der Waals surface area contributed by atoms with Crippen molar-refractivity contribution < 1.29 is 23.4 Å². The summed E-state index contributed by atoms with van der Waals surface area (Å²) >= 11 is 0. The molecule has 5 aromatic rings. The van der Waals surface area contributed by atoms with Crippen molar-refractivity contribution >= 4 is 16.7 Å². The Kier molecular flexibility index (Phi) is 6.84. The summed E-state index contributed by atoms with van der Waals surface area (Å²) in [5, 5.41) is 5.04. The van der Waals surface area contributed by atoms with Gasteiger partial charge in [-0.15, -0.1) is 0 Å². The zero-order valence-corrected chi connectivity index (χ0v) is 22.2. The molecule has 1 saturated carbocycles. The van der Waals surface area contributed by atoms with Gasteiger partial charge in [0.15, 0.2) is 28.7 Å². The zero-order valence-electron chi connectivity index (χ0n) is 22.2. The molecule has 0 radical (unpaired) electrons. The van der Waals surface area contributed by atoms with E-state index in [0.717, 1.165) is 12.8 Å². The molecular weight excluding hydrogens is 529 g/mol. The quantitative estimate of drug-likeness (QED) is 0.233. The number of nitrogens with zero attached hydrogens (tertiary/aromatic N) is 5. The van der Waals surface area contributed by atoms with Crippen LogP contribution in [0.15, 0.2) is 72.0 Å². The van der Waals surface area contributed by atoms with E-state index in [1.807, 2.05) is 0 Å². The lowest BCUT2D eigenvalue weighted by molar-refractivity contribution is 0.0982. The first-order valence-electron chi connectivity index (χ1n) is 12.9. The van der Waals surface area contributed by atoms with Crippen molar-refractivity contribution in [3.8, 4) is 34.1 Å². The number of Topliss-reactive ketones (excluding diaryl/α,β-unsaturated/α-hetero) is 1. The molecule has 0 aliphatic heterocycles. The fourth-order valence-electron chi connectivity index (χ4n) is 4.43. The Hall–Kier alpha value is -5.19. The van der Waals surface area contributed by atoms with Crippen LogP contribution in [0.1, 0.15) is 35.2 Å². The van der Waals surface area contributed by atoms with Gasteiger partial charge < -0.3 is 14.2 Å². The molecule has 0 spiro atoms. The number of ether oxygens (including phenoxy) is 3. The van der Waals surface area contributed by atoms with Gasteiger partial charge in [-0.25, -0.2) is 14.4 Å². The highest BCUT2D eigenvalue weighted by Crippen LogP contribution is 2.37. The van der Waals surface area contributed by atoms with Gasteiger partial charge in [0.1, 0.15) is 17.4 Å². The second-order valence-electron chi connectivity index (χ2n) is 9.51. The summed E-state index contributed by atoms with van der Waals surface area (Å²) in [6.07, 6.45) is 7.73. The van der Waals surface area contributed by atoms with Crippen LogP contribution in [0.5, 0.6) is 23.0 Å². The number of aromatic nitrogens is 5. The third-order valence-electron chi connectivity index (χ3n) is 6.71. The second kappa shape index (κ2) is 10.8. The minimum atomic E-state index is -0.518. The number of rotatable bonds is 9. The van der Waals surface area contributed by atoms with Gasteiger partial charge in [-0.1, -0.05) is 12.1 Å². The predicted molar refractivity (Wildman–Crippen MR) is 147 cm³/mol. The summed E-state index contributed by atoms with van der Waals surface area (Å²) in [6, 6.07) is 10.9. The van der Waals surface area contributed by atoms with E-state index in [9.17, 15) is 14.0 Å². The standard InChI is InChI=1S/C30H24FN5O5/c1-39-26-11-21-23(12-27(26)40-2)32-10-9-25(21)41-20-14-33-28(34-15-20)13-24(37)29-30(38)22(16-36(35-29)19-7-8-19)17-3-5-18(31)6-4-17/h3-6,9-12,14-16,19H,7-8,13H2,1-2H3. The Morgan fingerprint density at radius 2 is 1.68 bits per heavy atom. The lowest BCUT2D eigenvalue weighted by Gasteiger charge is -2.12. The van der Waals surface area contributed by atoms with Crippen LogP contribution >= 0.6 is 0 Å². The van der Waals surface area contributed by atoms with Crippen molar-refractivity contribution in [3.05, 3.63) is 94.8 Å². The van der Waals surface area contributed by atoms with E-state index in [2.05, 4.69) is 20.1 Å². The lowest BCUT2D eigenvalue weighted by atomic mass is 10.0. The second-order valence-corrected chi connectivity index (χ2v) is 9.51. The van der Waals surface area contributed by atoms with Crippen LogP contribution in [0.2, 0.25) is 0 Å². The van der Waals surface area contributed by atoms with E-state index in [1.54, 1.807) is 49.5 Å². The van der Waals surface area contributed by atoms with Crippen LogP contribution in [0.4, 0.5) is 4.39 Å². The van der Waals surface area contributed by atoms with Crippen molar-refractivity contribution in [1.29, 1.82) is 0 Å². The van der Waals surface area contributed by atoms with Gasteiger partial charge in [0.25, 0.3) is 0 Å². The van der Waals surface area contributed by atoms with Crippen molar-refractivity contribution in [2.75, 3.05) is 14.2 Å². The van der Waals surface area contributed by atoms with Gasteiger partial charge in [0, 0.05) is 29.4 Å². The smallest absolute Gasteiger partial charge is 0.219 e. The minimum Gasteiger partial charge on any atom is -0.493 e. The van der Waals surface area contributed by atoms with E-state index in [-0.39, 0.29) is 24.0 Å². The molecule has 0 N–H and O–H groups in total. The van der Waals surface area contributed by atoms with Crippen LogP contribution in [-0.2, 0) is 6.42 Å². The van der Waals surface area contributed by atoms with Crippen LogP contribution in [0, 0.1) is 5.82 Å². The topological polar surface area (TPSA) is 118 Å². The molecule has 41 heavy (non-hydrogen) atoms. The summed E-state index contributed by atoms with van der Waals surface area (Å²) in [4.78, 5) is 39.4. The fraction of sp³-hybridized carbons (Fsp3) is 0.200. The molecule has 206 valence electrons. The van der Waals surface area contributed by atoms with Gasteiger partial charge in [-0.05, 0) is 42.7 Å². The van der Waals surface area contributed by atoms with E-state index >= 15 is 0 Å². The molecule has 6 rings (SSSR count). The molecule has 0 atom stereocenters. The van der Waals surface area contributed by atoms with E-state index < -0.39 is 17.0 Å². The number of pyridine rings is 1. The molecule has 1 aliphatic carbocycles. The van der Waals surface area contributed by atoms with E-state index in [1.165, 1.54) is 36.7 Å². The van der Waals surface area contributed by atoms with Crippen LogP contribution in [0.3, 0.4) is 0 Å². The normalized spacial score (nSPS) is 12.8. The Labute approximate surface area is 233 Å². The van der Waals surface area contributed by atoms with Crippen LogP contribution in [-0.4, -0.2) is 44.7 Å². The molecule has 0 unspecified atom stereocenters.